The third-order valence-corrected chi connectivity index (χ3v) is 6.80. The van der Waals surface area contributed by atoms with Gasteiger partial charge in [0.15, 0.2) is 11.6 Å². The van der Waals surface area contributed by atoms with Crippen molar-refractivity contribution in [3.05, 3.63) is 58.7 Å². The minimum atomic E-state index is -0.543. The molecule has 6 heteroatoms. The molecule has 32 heavy (non-hydrogen) atoms. The molecule has 0 aromatic heterocycles. The number of nitrogens with zero attached hydrogens (tertiary/aromatic N) is 1. The van der Waals surface area contributed by atoms with E-state index in [-0.39, 0.29) is 11.6 Å². The van der Waals surface area contributed by atoms with Crippen molar-refractivity contribution in [1.29, 1.82) is 0 Å². The Kier molecular flexibility index (Phi) is 5.98. The monoisotopic (exact) mass is 433 g/mol. The molecule has 5 rings (SSSR count). The number of aliphatic hydroxyl groups excluding tert-OH is 1. The van der Waals surface area contributed by atoms with E-state index in [0.29, 0.717) is 46.9 Å². The van der Waals surface area contributed by atoms with Gasteiger partial charge in [0.05, 0.1) is 17.2 Å². The lowest BCUT2D eigenvalue weighted by atomic mass is 9.82. The van der Waals surface area contributed by atoms with Crippen LogP contribution >= 0.6 is 0 Å². The lowest BCUT2D eigenvalue weighted by Gasteiger charge is -2.29. The molecule has 1 saturated heterocycles. The highest BCUT2D eigenvalue weighted by Crippen LogP contribution is 2.37. The maximum absolute atomic E-state index is 13.4. The largest absolute Gasteiger partial charge is 0.390 e. The average Bonchev–Trinajstić information content (AvgIpc) is 3.65. The van der Waals surface area contributed by atoms with E-state index >= 15 is 0 Å². The second kappa shape index (κ2) is 9.04. The zero-order chi connectivity index (χ0) is 22.1. The van der Waals surface area contributed by atoms with Crippen molar-refractivity contribution in [2.24, 2.45) is 5.92 Å². The second-order valence-corrected chi connectivity index (χ2v) is 9.33. The number of rotatable bonds is 8. The number of hydrogen-bond donors (Lipinski definition) is 3. The van der Waals surface area contributed by atoms with Gasteiger partial charge in [-0.1, -0.05) is 30.7 Å². The van der Waals surface area contributed by atoms with Gasteiger partial charge >= 0.3 is 0 Å². The molecule has 3 aliphatic rings. The van der Waals surface area contributed by atoms with Crippen molar-refractivity contribution in [3.8, 4) is 0 Å². The Balaban J connectivity index is 1.40. The van der Waals surface area contributed by atoms with Crippen molar-refractivity contribution < 1.29 is 14.7 Å². The number of likely N-dealkylation sites (tertiary alicyclic amines) is 1. The topological polar surface area (TPSA) is 81.7 Å². The lowest BCUT2D eigenvalue weighted by Crippen LogP contribution is -2.39. The fourth-order valence-corrected chi connectivity index (χ4v) is 4.83. The molecule has 1 unspecified atom stereocenters. The summed E-state index contributed by atoms with van der Waals surface area (Å²) in [6.45, 7) is 3.82. The number of β-amino-alcohol motifs (C(OH)–C–C–N with tert-alkyl or cyclic N) is 1. The van der Waals surface area contributed by atoms with Crippen molar-refractivity contribution in [1.82, 2.24) is 4.90 Å². The van der Waals surface area contributed by atoms with Crippen molar-refractivity contribution in [2.45, 2.75) is 38.2 Å². The first-order valence-electron chi connectivity index (χ1n) is 11.9. The van der Waals surface area contributed by atoms with Crippen LogP contribution in [0.1, 0.15) is 63.9 Å². The molecule has 1 atom stereocenters. The van der Waals surface area contributed by atoms with Crippen LogP contribution in [0.15, 0.2) is 36.4 Å². The number of carbonyl (C=O) groups excluding carboxylic acids is 2. The molecule has 2 aliphatic carbocycles. The van der Waals surface area contributed by atoms with Crippen LogP contribution in [0.4, 0.5) is 11.4 Å². The Morgan fingerprint density at radius 1 is 0.875 bits per heavy atom. The summed E-state index contributed by atoms with van der Waals surface area (Å²) in [4.78, 5) is 29.2. The van der Waals surface area contributed by atoms with Gasteiger partial charge in [-0.25, -0.2) is 0 Å². The number of fused-ring (bicyclic) bond motifs is 2. The molecule has 168 valence electrons. The first kappa shape index (κ1) is 21.2. The van der Waals surface area contributed by atoms with Crippen LogP contribution in [0, 0.1) is 5.92 Å². The Hall–Kier alpha value is -2.70. The molecule has 1 aliphatic heterocycles. The molecule has 2 aromatic carbocycles. The van der Waals surface area contributed by atoms with E-state index in [1.165, 1.54) is 32.1 Å². The summed E-state index contributed by atoms with van der Waals surface area (Å²) in [5.74, 6) is 0.388. The van der Waals surface area contributed by atoms with Gasteiger partial charge in [0, 0.05) is 42.1 Å². The maximum Gasteiger partial charge on any atom is 0.196 e. The second-order valence-electron chi connectivity index (χ2n) is 9.33. The standard InChI is InChI=1S/C26H31N3O3/c30-18(16-29-12-4-1-5-13-29)15-28-22-11-10-21(27-14-17-8-9-17)23-24(22)26(32)20-7-3-2-6-19(20)25(23)31/h2-3,6-7,10-11,17-18,27-28,30H,1,4-5,8-9,12-16H2. The van der Waals surface area contributed by atoms with Crippen LogP contribution in [0.25, 0.3) is 0 Å². The lowest BCUT2D eigenvalue weighted by molar-refractivity contribution is 0.0979. The molecule has 6 nitrogen and oxygen atoms in total. The molecule has 0 amide bonds. The molecular weight excluding hydrogens is 402 g/mol. The van der Waals surface area contributed by atoms with Gasteiger partial charge in [0.2, 0.25) is 0 Å². The number of nitrogens with one attached hydrogen (secondary N) is 2. The van der Waals surface area contributed by atoms with Crippen LogP contribution in [0.5, 0.6) is 0 Å². The van der Waals surface area contributed by atoms with Crippen LogP contribution in [0.3, 0.4) is 0 Å². The van der Waals surface area contributed by atoms with Gasteiger partial charge in [-0.15, -0.1) is 0 Å². The minimum Gasteiger partial charge on any atom is -0.390 e. The van der Waals surface area contributed by atoms with Crippen LogP contribution in [-0.2, 0) is 0 Å². The van der Waals surface area contributed by atoms with E-state index in [2.05, 4.69) is 15.5 Å². The Labute approximate surface area is 189 Å². The van der Waals surface area contributed by atoms with Gasteiger partial charge in [0.1, 0.15) is 0 Å². The van der Waals surface area contributed by atoms with E-state index in [9.17, 15) is 14.7 Å². The summed E-state index contributed by atoms with van der Waals surface area (Å²) in [5.41, 5.74) is 3.11. The van der Waals surface area contributed by atoms with Crippen LogP contribution in [-0.4, -0.2) is 60.4 Å². The average molecular weight is 434 g/mol. The van der Waals surface area contributed by atoms with Crippen molar-refractivity contribution in [2.75, 3.05) is 43.4 Å². The van der Waals surface area contributed by atoms with E-state index in [1.807, 2.05) is 12.1 Å². The van der Waals surface area contributed by atoms with Gasteiger partial charge in [-0.05, 0) is 56.8 Å². The highest BCUT2D eigenvalue weighted by molar-refractivity contribution is 6.31. The van der Waals surface area contributed by atoms with E-state index in [1.54, 1.807) is 24.3 Å². The highest BCUT2D eigenvalue weighted by atomic mass is 16.3. The summed E-state index contributed by atoms with van der Waals surface area (Å²) in [5, 5.41) is 17.3. The number of carbonyl (C=O) groups is 2. The first-order valence-corrected chi connectivity index (χ1v) is 11.9. The van der Waals surface area contributed by atoms with E-state index in [0.717, 1.165) is 25.3 Å². The third kappa shape index (κ3) is 4.30. The first-order chi connectivity index (χ1) is 15.6. The number of aliphatic hydroxyl groups is 1. The van der Waals surface area contributed by atoms with Gasteiger partial charge in [0.25, 0.3) is 0 Å². The van der Waals surface area contributed by atoms with Gasteiger partial charge < -0.3 is 20.6 Å². The van der Waals surface area contributed by atoms with E-state index in [4.69, 9.17) is 0 Å². The van der Waals surface area contributed by atoms with Crippen molar-refractivity contribution in [3.63, 3.8) is 0 Å². The fraction of sp³-hybridized carbons (Fsp3) is 0.462. The van der Waals surface area contributed by atoms with Gasteiger partial charge in [-0.3, -0.25) is 9.59 Å². The normalized spacial score (nSPS) is 19.3. The molecule has 2 aromatic rings. The predicted octanol–water partition coefficient (Wildman–Crippen LogP) is 3.54. The summed E-state index contributed by atoms with van der Waals surface area (Å²) in [6.07, 6.45) is 5.49. The molecule has 1 saturated carbocycles. The minimum absolute atomic E-state index is 0.119. The summed E-state index contributed by atoms with van der Waals surface area (Å²) < 4.78 is 0. The number of anilines is 2. The smallest absolute Gasteiger partial charge is 0.196 e. The van der Waals surface area contributed by atoms with Crippen molar-refractivity contribution >= 4 is 22.9 Å². The number of hydrogen-bond acceptors (Lipinski definition) is 6. The molecule has 0 radical (unpaired) electrons. The number of ketones is 2. The summed E-state index contributed by atoms with van der Waals surface area (Å²) >= 11 is 0. The SMILES string of the molecule is O=C1c2ccccc2C(=O)c2c(NCC3CC3)ccc(NCC(O)CN3CCCCC3)c21. The number of benzene rings is 2. The van der Waals surface area contributed by atoms with Crippen LogP contribution in [0.2, 0.25) is 0 Å². The third-order valence-electron chi connectivity index (χ3n) is 6.80. The quantitative estimate of drug-likeness (QED) is 0.504. The van der Waals surface area contributed by atoms with Crippen LogP contribution < -0.4 is 10.6 Å². The Bertz CT molecular complexity index is 1020. The molecule has 1 heterocycles. The Morgan fingerprint density at radius 3 is 2.06 bits per heavy atom. The fourth-order valence-electron chi connectivity index (χ4n) is 4.83. The predicted molar refractivity (Wildman–Crippen MR) is 126 cm³/mol. The molecule has 0 spiro atoms. The van der Waals surface area contributed by atoms with E-state index < -0.39 is 6.10 Å². The zero-order valence-electron chi connectivity index (χ0n) is 18.4. The zero-order valence-corrected chi connectivity index (χ0v) is 18.4. The maximum atomic E-state index is 13.4. The van der Waals surface area contributed by atoms with Gasteiger partial charge in [-0.2, -0.15) is 0 Å². The summed E-state index contributed by atoms with van der Waals surface area (Å²) in [6, 6.07) is 10.8. The molecule has 2 fully saturated rings. The number of piperidine rings is 1. The molecule has 3 N–H and O–H groups in total. The summed E-state index contributed by atoms with van der Waals surface area (Å²) in [7, 11) is 0. The molecular formula is C26H31N3O3. The molecule has 0 bridgehead atoms. The highest BCUT2D eigenvalue weighted by Gasteiger charge is 2.34. The Morgan fingerprint density at radius 2 is 1.47 bits per heavy atom.